The van der Waals surface area contributed by atoms with Crippen LogP contribution in [0.5, 0.6) is 0 Å². The predicted octanol–water partition coefficient (Wildman–Crippen LogP) is 3.39. The highest BCUT2D eigenvalue weighted by Crippen LogP contribution is 2.35. The first-order valence-corrected chi connectivity index (χ1v) is 7.95. The van der Waals surface area contributed by atoms with Gasteiger partial charge in [-0.1, -0.05) is 36.7 Å². The van der Waals surface area contributed by atoms with E-state index < -0.39 is 10.8 Å². The Balaban J connectivity index is 2.42. The molecule has 0 radical (unpaired) electrons. The average Bonchev–Trinajstić information content (AvgIpc) is 2.25. The Morgan fingerprint density at radius 2 is 2.18 bits per heavy atom. The molecule has 94 valence electrons. The largest absolute Gasteiger partial charge is 0.308 e. The molecule has 0 aliphatic carbocycles. The number of halogens is 1. The molecule has 1 aromatic carbocycles. The van der Waals surface area contributed by atoms with E-state index >= 15 is 0 Å². The molecule has 3 atom stereocenters. The van der Waals surface area contributed by atoms with Crippen molar-refractivity contribution < 1.29 is 4.21 Å². The normalized spacial score (nSPS) is 28.2. The lowest BCUT2D eigenvalue weighted by Crippen LogP contribution is -2.35. The lowest BCUT2D eigenvalue weighted by molar-refractivity contribution is 0.437. The highest BCUT2D eigenvalue weighted by Gasteiger charge is 2.30. The molecule has 1 aromatic rings. The molecule has 3 unspecified atom stereocenters. The fourth-order valence-corrected chi connectivity index (χ4v) is 4.11. The van der Waals surface area contributed by atoms with Crippen LogP contribution < -0.4 is 5.32 Å². The van der Waals surface area contributed by atoms with Crippen LogP contribution in [0, 0.1) is 0 Å². The van der Waals surface area contributed by atoms with Crippen molar-refractivity contribution in [3.05, 3.63) is 28.2 Å². The summed E-state index contributed by atoms with van der Waals surface area (Å²) < 4.78 is 13.3. The van der Waals surface area contributed by atoms with Crippen molar-refractivity contribution in [3.8, 4) is 0 Å². The molecule has 1 heterocycles. The summed E-state index contributed by atoms with van der Waals surface area (Å²) in [6, 6.07) is 6.81. The van der Waals surface area contributed by atoms with Gasteiger partial charge in [-0.05, 0) is 30.2 Å². The van der Waals surface area contributed by atoms with Crippen LogP contribution >= 0.6 is 15.9 Å². The number of fused-ring (bicyclic) bond motifs is 1. The van der Waals surface area contributed by atoms with Crippen LogP contribution in [0.4, 0.5) is 0 Å². The van der Waals surface area contributed by atoms with E-state index in [1.54, 1.807) is 0 Å². The first kappa shape index (κ1) is 13.2. The van der Waals surface area contributed by atoms with Crippen molar-refractivity contribution in [3.63, 3.8) is 0 Å². The molecule has 4 heteroatoms. The van der Waals surface area contributed by atoms with Crippen molar-refractivity contribution in [2.45, 2.75) is 49.4 Å². The Morgan fingerprint density at radius 3 is 2.82 bits per heavy atom. The lowest BCUT2D eigenvalue weighted by Gasteiger charge is -2.31. The second kappa shape index (κ2) is 5.21. The molecule has 0 aromatic heterocycles. The smallest absolute Gasteiger partial charge is 0.0562 e. The SMILES string of the molecule is CC(C)NC1CC(C)S(=O)c2ccc(Br)cc21. The maximum Gasteiger partial charge on any atom is 0.0562 e. The summed E-state index contributed by atoms with van der Waals surface area (Å²) in [7, 11) is -0.865. The molecule has 1 N–H and O–H groups in total. The van der Waals surface area contributed by atoms with E-state index in [9.17, 15) is 4.21 Å². The number of hydrogen-bond acceptors (Lipinski definition) is 2. The van der Waals surface area contributed by atoms with Gasteiger partial charge in [0, 0.05) is 26.7 Å². The van der Waals surface area contributed by atoms with Crippen molar-refractivity contribution in [1.82, 2.24) is 5.32 Å². The lowest BCUT2D eigenvalue weighted by atomic mass is 10.0. The van der Waals surface area contributed by atoms with Crippen molar-refractivity contribution in [2.75, 3.05) is 0 Å². The van der Waals surface area contributed by atoms with Gasteiger partial charge in [0.25, 0.3) is 0 Å². The van der Waals surface area contributed by atoms with E-state index in [1.165, 1.54) is 5.56 Å². The molecule has 0 spiro atoms. The summed E-state index contributed by atoms with van der Waals surface area (Å²) in [5.74, 6) is 0. The zero-order valence-corrected chi connectivity index (χ0v) is 12.8. The maximum absolute atomic E-state index is 12.2. The van der Waals surface area contributed by atoms with Crippen LogP contribution in [0.2, 0.25) is 0 Å². The average molecular weight is 316 g/mol. The van der Waals surface area contributed by atoms with Gasteiger partial charge >= 0.3 is 0 Å². The third-order valence-electron chi connectivity index (χ3n) is 3.03. The van der Waals surface area contributed by atoms with Gasteiger partial charge in [0.2, 0.25) is 0 Å². The molecular formula is C13H18BrNOS. The number of hydrogen-bond donors (Lipinski definition) is 1. The topological polar surface area (TPSA) is 29.1 Å². The first-order valence-electron chi connectivity index (χ1n) is 5.95. The minimum Gasteiger partial charge on any atom is -0.308 e. The van der Waals surface area contributed by atoms with E-state index in [0.29, 0.717) is 12.1 Å². The second-order valence-corrected chi connectivity index (χ2v) is 7.65. The van der Waals surface area contributed by atoms with Gasteiger partial charge < -0.3 is 5.32 Å². The summed E-state index contributed by atoms with van der Waals surface area (Å²) in [6.07, 6.45) is 0.939. The van der Waals surface area contributed by atoms with Crippen LogP contribution in [-0.2, 0) is 10.8 Å². The van der Waals surface area contributed by atoms with Crippen LogP contribution in [0.1, 0.15) is 38.8 Å². The Hall–Kier alpha value is -0.190. The quantitative estimate of drug-likeness (QED) is 0.906. The maximum atomic E-state index is 12.2. The fraction of sp³-hybridized carbons (Fsp3) is 0.538. The molecule has 0 amide bonds. The van der Waals surface area contributed by atoms with Gasteiger partial charge in [-0.15, -0.1) is 0 Å². The van der Waals surface area contributed by atoms with Crippen LogP contribution in [-0.4, -0.2) is 15.5 Å². The summed E-state index contributed by atoms with van der Waals surface area (Å²) in [4.78, 5) is 0.991. The van der Waals surface area contributed by atoms with Gasteiger partial charge in [0.1, 0.15) is 0 Å². The van der Waals surface area contributed by atoms with Crippen LogP contribution in [0.3, 0.4) is 0 Å². The molecule has 0 fully saturated rings. The Morgan fingerprint density at radius 1 is 1.47 bits per heavy atom. The minimum absolute atomic E-state index is 0.222. The van der Waals surface area contributed by atoms with Crippen molar-refractivity contribution in [2.24, 2.45) is 0 Å². The van der Waals surface area contributed by atoms with Crippen LogP contribution in [0.25, 0.3) is 0 Å². The molecule has 1 aliphatic heterocycles. The number of nitrogens with one attached hydrogen (secondary N) is 1. The highest BCUT2D eigenvalue weighted by molar-refractivity contribution is 9.10. The van der Waals surface area contributed by atoms with Crippen LogP contribution in [0.15, 0.2) is 27.6 Å². The molecule has 1 aliphatic rings. The first-order chi connectivity index (χ1) is 7.99. The summed E-state index contributed by atoms with van der Waals surface area (Å²) in [6.45, 7) is 6.36. The third-order valence-corrected chi connectivity index (χ3v) is 5.25. The molecule has 17 heavy (non-hydrogen) atoms. The molecule has 2 rings (SSSR count). The Bertz CT molecular complexity index is 447. The van der Waals surface area contributed by atoms with Crippen molar-refractivity contribution in [1.29, 1.82) is 0 Å². The van der Waals surface area contributed by atoms with Gasteiger partial charge in [0.15, 0.2) is 0 Å². The monoisotopic (exact) mass is 315 g/mol. The Kier molecular flexibility index (Phi) is 4.06. The van der Waals surface area contributed by atoms with E-state index in [4.69, 9.17) is 0 Å². The van der Waals surface area contributed by atoms with E-state index in [0.717, 1.165) is 15.8 Å². The van der Waals surface area contributed by atoms with Crippen molar-refractivity contribution >= 4 is 26.7 Å². The van der Waals surface area contributed by atoms with Gasteiger partial charge in [-0.3, -0.25) is 4.21 Å². The van der Waals surface area contributed by atoms with Gasteiger partial charge in [-0.2, -0.15) is 0 Å². The zero-order valence-electron chi connectivity index (χ0n) is 10.4. The second-order valence-electron chi connectivity index (χ2n) is 4.90. The zero-order chi connectivity index (χ0) is 12.6. The highest BCUT2D eigenvalue weighted by atomic mass is 79.9. The predicted molar refractivity (Wildman–Crippen MR) is 75.6 cm³/mol. The van der Waals surface area contributed by atoms with Gasteiger partial charge in [-0.25, -0.2) is 0 Å². The minimum atomic E-state index is -0.865. The fourth-order valence-electron chi connectivity index (χ4n) is 2.30. The molecule has 0 saturated heterocycles. The molecular weight excluding hydrogens is 298 g/mol. The van der Waals surface area contributed by atoms with E-state index in [2.05, 4.69) is 48.1 Å². The van der Waals surface area contributed by atoms with Gasteiger partial charge in [0.05, 0.1) is 10.8 Å². The number of rotatable bonds is 2. The van der Waals surface area contributed by atoms with E-state index in [1.807, 2.05) is 12.1 Å². The van der Waals surface area contributed by atoms with E-state index in [-0.39, 0.29) is 5.25 Å². The number of benzene rings is 1. The Labute approximate surface area is 114 Å². The molecule has 0 bridgehead atoms. The summed E-state index contributed by atoms with van der Waals surface area (Å²) in [5, 5.41) is 3.78. The standard InChI is InChI=1S/C13H18BrNOS/c1-8(2)15-12-6-9(3)17(16)13-5-4-10(14)7-11(12)13/h4-5,7-9,12,15H,6H2,1-3H3. The third kappa shape index (κ3) is 2.80. The molecule has 2 nitrogen and oxygen atoms in total. The summed E-state index contributed by atoms with van der Waals surface area (Å²) in [5.41, 5.74) is 1.18. The summed E-state index contributed by atoms with van der Waals surface area (Å²) >= 11 is 3.49. The molecule has 0 saturated carbocycles.